The first-order valence-electron chi connectivity index (χ1n) is 9.92. The minimum atomic E-state index is -1.52. The Bertz CT molecular complexity index is 1030. The molecule has 1 aliphatic heterocycles. The van der Waals surface area contributed by atoms with Crippen molar-refractivity contribution >= 4 is 11.4 Å². The summed E-state index contributed by atoms with van der Waals surface area (Å²) in [7, 11) is 0. The first kappa shape index (κ1) is 22.1. The van der Waals surface area contributed by atoms with Crippen LogP contribution in [0.1, 0.15) is 52.2 Å². The number of ketones is 1. The average Bonchev–Trinajstić information content (AvgIpc) is 2.70. The fourth-order valence-corrected chi connectivity index (χ4v) is 3.85. The van der Waals surface area contributed by atoms with Gasteiger partial charge in [0.2, 0.25) is 0 Å². The van der Waals surface area contributed by atoms with Crippen molar-refractivity contribution in [2.24, 2.45) is 0 Å². The molecule has 2 aromatic rings. The van der Waals surface area contributed by atoms with Crippen LogP contribution in [0.25, 0.3) is 16.7 Å². The topological polar surface area (TPSA) is 46.5 Å². The number of benzene rings is 2. The molecule has 0 fully saturated rings. The van der Waals surface area contributed by atoms with E-state index in [0.717, 1.165) is 12.1 Å². The third kappa shape index (κ3) is 3.54. The van der Waals surface area contributed by atoms with Crippen LogP contribution in [0.2, 0.25) is 0 Å². The molecule has 6 heteroatoms. The molecular formula is C24H25F3O3. The van der Waals surface area contributed by atoms with E-state index in [0.29, 0.717) is 29.5 Å². The molecule has 0 aliphatic carbocycles. The second-order valence-electron chi connectivity index (χ2n) is 8.23. The number of carbonyl (C=O) groups is 1. The number of rotatable bonds is 4. The van der Waals surface area contributed by atoms with E-state index in [9.17, 15) is 23.1 Å². The monoisotopic (exact) mass is 418 g/mol. The maximum absolute atomic E-state index is 13.7. The van der Waals surface area contributed by atoms with Crippen LogP contribution < -0.4 is 0 Å². The Hall–Kier alpha value is -2.60. The number of Topliss-reactive ketones (excluding diaryl/α,β-unsaturated/α-hetero) is 1. The Labute approximate surface area is 174 Å². The number of halogens is 3. The summed E-state index contributed by atoms with van der Waals surface area (Å²) in [5.41, 5.74) is -0.0332. The van der Waals surface area contributed by atoms with Crippen LogP contribution in [0.5, 0.6) is 0 Å². The molecule has 2 aromatic carbocycles. The van der Waals surface area contributed by atoms with Crippen LogP contribution in [0.4, 0.5) is 13.2 Å². The lowest BCUT2D eigenvalue weighted by Crippen LogP contribution is -2.51. The summed E-state index contributed by atoms with van der Waals surface area (Å²) in [5, 5.41) is 10.9. The highest BCUT2D eigenvalue weighted by Crippen LogP contribution is 2.42. The minimum Gasteiger partial charge on any atom is -0.508 e. The highest BCUT2D eigenvalue weighted by molar-refractivity contribution is 6.26. The molecule has 0 spiro atoms. The molecule has 1 aliphatic rings. The third-order valence-electron chi connectivity index (χ3n) is 5.74. The summed E-state index contributed by atoms with van der Waals surface area (Å²) < 4.78 is 46.6. The van der Waals surface area contributed by atoms with Crippen LogP contribution >= 0.6 is 0 Å². The summed E-state index contributed by atoms with van der Waals surface area (Å²) in [4.78, 5) is 13.2. The highest BCUT2D eigenvalue weighted by atomic mass is 19.2. The van der Waals surface area contributed by atoms with Crippen LogP contribution in [-0.2, 0) is 16.0 Å². The Kier molecular flexibility index (Phi) is 5.58. The van der Waals surface area contributed by atoms with E-state index in [1.165, 1.54) is 0 Å². The Morgan fingerprint density at radius 2 is 1.57 bits per heavy atom. The van der Waals surface area contributed by atoms with Gasteiger partial charge in [0.15, 0.2) is 23.2 Å². The van der Waals surface area contributed by atoms with Gasteiger partial charge in [-0.3, -0.25) is 4.79 Å². The van der Waals surface area contributed by atoms with Gasteiger partial charge in [0, 0.05) is 0 Å². The Balaban J connectivity index is 2.19. The maximum atomic E-state index is 13.7. The van der Waals surface area contributed by atoms with E-state index in [4.69, 9.17) is 4.74 Å². The molecule has 0 bridgehead atoms. The summed E-state index contributed by atoms with van der Waals surface area (Å²) in [6.45, 7) is 8.82. The fraction of sp³-hybridized carbons (Fsp3) is 0.375. The highest BCUT2D eigenvalue weighted by Gasteiger charge is 2.48. The van der Waals surface area contributed by atoms with Gasteiger partial charge in [0.25, 0.3) is 0 Å². The molecule has 1 N–H and O–H groups in total. The van der Waals surface area contributed by atoms with Crippen molar-refractivity contribution in [2.75, 3.05) is 0 Å². The van der Waals surface area contributed by atoms with Crippen molar-refractivity contribution in [2.45, 2.75) is 58.7 Å². The van der Waals surface area contributed by atoms with Crippen LogP contribution in [0.15, 0.2) is 36.1 Å². The third-order valence-corrected chi connectivity index (χ3v) is 5.74. The molecule has 0 amide bonds. The van der Waals surface area contributed by atoms with E-state index in [2.05, 4.69) is 0 Å². The largest absolute Gasteiger partial charge is 0.508 e. The predicted octanol–water partition coefficient (Wildman–Crippen LogP) is 6.15. The molecular weight excluding hydrogens is 393 g/mol. The SMILES string of the molecule is CCc1cc(-c2cc(F)c(F)c(F)c2)ccc1C1=C(O)C(C)(C)OC(C)(CC)C1=O. The molecule has 160 valence electrons. The summed E-state index contributed by atoms with van der Waals surface area (Å²) in [6.07, 6.45) is 0.934. The van der Waals surface area contributed by atoms with E-state index in [1.807, 2.05) is 13.8 Å². The smallest absolute Gasteiger partial charge is 0.198 e. The summed E-state index contributed by atoms with van der Waals surface area (Å²) in [6, 6.07) is 6.80. The molecule has 0 aromatic heterocycles. The van der Waals surface area contributed by atoms with Gasteiger partial charge in [-0.15, -0.1) is 0 Å². The molecule has 1 atom stereocenters. The molecule has 3 nitrogen and oxygen atoms in total. The first-order valence-corrected chi connectivity index (χ1v) is 9.92. The second kappa shape index (κ2) is 7.58. The zero-order chi connectivity index (χ0) is 22.4. The normalized spacial score (nSPS) is 21.3. The van der Waals surface area contributed by atoms with Crippen molar-refractivity contribution in [3.05, 3.63) is 64.7 Å². The van der Waals surface area contributed by atoms with Crippen LogP contribution in [-0.4, -0.2) is 22.1 Å². The van der Waals surface area contributed by atoms with Crippen molar-refractivity contribution in [1.29, 1.82) is 0 Å². The average molecular weight is 418 g/mol. The predicted molar refractivity (Wildman–Crippen MR) is 110 cm³/mol. The van der Waals surface area contributed by atoms with Crippen molar-refractivity contribution in [3.8, 4) is 11.1 Å². The van der Waals surface area contributed by atoms with Gasteiger partial charge < -0.3 is 9.84 Å². The molecule has 0 radical (unpaired) electrons. The van der Waals surface area contributed by atoms with Gasteiger partial charge in [-0.2, -0.15) is 0 Å². The molecule has 1 heterocycles. The van der Waals surface area contributed by atoms with E-state index in [-0.39, 0.29) is 22.7 Å². The van der Waals surface area contributed by atoms with Crippen LogP contribution in [0.3, 0.4) is 0 Å². The van der Waals surface area contributed by atoms with E-state index in [1.54, 1.807) is 39.0 Å². The van der Waals surface area contributed by atoms with Crippen molar-refractivity contribution in [1.82, 2.24) is 0 Å². The van der Waals surface area contributed by atoms with Gasteiger partial charge in [0.1, 0.15) is 17.0 Å². The lowest BCUT2D eigenvalue weighted by Gasteiger charge is -2.42. The minimum absolute atomic E-state index is 0.153. The molecule has 3 rings (SSSR count). The lowest BCUT2D eigenvalue weighted by atomic mass is 9.79. The van der Waals surface area contributed by atoms with E-state index < -0.39 is 28.7 Å². The van der Waals surface area contributed by atoms with E-state index >= 15 is 0 Å². The fourth-order valence-electron chi connectivity index (χ4n) is 3.85. The number of hydrogen-bond donors (Lipinski definition) is 1. The Morgan fingerprint density at radius 1 is 0.967 bits per heavy atom. The Morgan fingerprint density at radius 3 is 2.10 bits per heavy atom. The summed E-state index contributed by atoms with van der Waals surface area (Å²) in [5.74, 6) is -4.53. The number of hydrogen-bond acceptors (Lipinski definition) is 3. The zero-order valence-electron chi connectivity index (χ0n) is 17.7. The number of aryl methyl sites for hydroxylation is 1. The van der Waals surface area contributed by atoms with Gasteiger partial charge in [0.05, 0.1) is 5.57 Å². The lowest BCUT2D eigenvalue weighted by molar-refractivity contribution is -0.163. The molecule has 1 unspecified atom stereocenters. The van der Waals surface area contributed by atoms with Gasteiger partial charge in [-0.05, 0) is 68.0 Å². The molecule has 0 saturated carbocycles. The van der Waals surface area contributed by atoms with Gasteiger partial charge in [-0.1, -0.05) is 32.0 Å². The number of carbonyl (C=O) groups excluding carboxylic acids is 1. The first-order chi connectivity index (χ1) is 13.9. The quantitative estimate of drug-likeness (QED) is 0.606. The number of ether oxygens (including phenoxy) is 1. The maximum Gasteiger partial charge on any atom is 0.198 e. The van der Waals surface area contributed by atoms with Crippen molar-refractivity contribution < 1.29 is 27.8 Å². The molecule has 30 heavy (non-hydrogen) atoms. The van der Waals surface area contributed by atoms with Gasteiger partial charge >= 0.3 is 0 Å². The van der Waals surface area contributed by atoms with Gasteiger partial charge in [-0.25, -0.2) is 13.2 Å². The number of aliphatic hydroxyl groups excluding tert-OH is 1. The standard InChI is InChI=1S/C24H25F3O3/c1-6-13-10-14(15-11-17(25)20(27)18(26)12-15)8-9-16(13)19-21(28)23(3,4)30-24(5,7-2)22(19)29/h8-12,28H,6-7H2,1-5H3. The number of aliphatic hydroxyl groups is 1. The second-order valence-corrected chi connectivity index (χ2v) is 8.23. The summed E-state index contributed by atoms with van der Waals surface area (Å²) >= 11 is 0. The van der Waals surface area contributed by atoms with Crippen LogP contribution in [0, 0.1) is 17.5 Å². The zero-order valence-corrected chi connectivity index (χ0v) is 17.7. The van der Waals surface area contributed by atoms with Crippen molar-refractivity contribution in [3.63, 3.8) is 0 Å². The molecule has 0 saturated heterocycles.